The predicted molar refractivity (Wildman–Crippen MR) is 62.6 cm³/mol. The van der Waals surface area contributed by atoms with Gasteiger partial charge in [0.15, 0.2) is 0 Å². The molecule has 1 saturated heterocycles. The average molecular weight is 225 g/mol. The quantitative estimate of drug-likeness (QED) is 0.828. The minimum atomic E-state index is -0.145. The highest BCUT2D eigenvalue weighted by molar-refractivity contribution is 8.00. The Bertz CT molecular complexity index is 334. The third-order valence-electron chi connectivity index (χ3n) is 2.67. The van der Waals surface area contributed by atoms with Crippen LogP contribution in [0.5, 0.6) is 0 Å². The second-order valence-corrected chi connectivity index (χ2v) is 5.21. The van der Waals surface area contributed by atoms with Crippen molar-refractivity contribution >= 4 is 11.8 Å². The lowest BCUT2D eigenvalue weighted by molar-refractivity contribution is 0.491. The van der Waals surface area contributed by atoms with Crippen molar-refractivity contribution < 1.29 is 4.39 Å². The summed E-state index contributed by atoms with van der Waals surface area (Å²) in [6.45, 7) is 3.08. The molecule has 2 rings (SSSR count). The number of piperidine rings is 1. The number of hydrogen-bond donors (Lipinski definition) is 1. The molecule has 1 N–H and O–H groups in total. The Morgan fingerprint density at radius 2 is 2.27 bits per heavy atom. The van der Waals surface area contributed by atoms with Gasteiger partial charge in [0.1, 0.15) is 5.82 Å². The number of rotatable bonds is 2. The molecule has 1 heterocycles. The summed E-state index contributed by atoms with van der Waals surface area (Å²) in [6.07, 6.45) is 3.78. The van der Waals surface area contributed by atoms with Gasteiger partial charge in [-0.2, -0.15) is 0 Å². The Hall–Kier alpha value is -0.540. The maximum absolute atomic E-state index is 12.9. The maximum atomic E-state index is 12.9. The highest BCUT2D eigenvalue weighted by Gasteiger charge is 2.14. The molecule has 82 valence electrons. The minimum absolute atomic E-state index is 0.145. The van der Waals surface area contributed by atoms with E-state index in [0.717, 1.165) is 12.1 Å². The molecule has 1 aromatic carbocycles. The molecule has 3 heteroatoms. The number of hydrogen-bond acceptors (Lipinski definition) is 2. The Morgan fingerprint density at radius 1 is 1.40 bits per heavy atom. The summed E-state index contributed by atoms with van der Waals surface area (Å²) in [5, 5.41) is 3.98. The first kappa shape index (κ1) is 11.0. The normalized spacial score (nSPS) is 21.6. The second kappa shape index (κ2) is 4.99. The maximum Gasteiger partial charge on any atom is 0.123 e. The van der Waals surface area contributed by atoms with Crippen LogP contribution < -0.4 is 5.32 Å². The van der Waals surface area contributed by atoms with Gasteiger partial charge in [-0.25, -0.2) is 4.39 Å². The van der Waals surface area contributed by atoms with Gasteiger partial charge in [-0.3, -0.25) is 0 Å². The lowest BCUT2D eigenvalue weighted by atomic mass is 10.2. The topological polar surface area (TPSA) is 12.0 Å². The summed E-state index contributed by atoms with van der Waals surface area (Å²) < 4.78 is 12.9. The van der Waals surface area contributed by atoms with Gasteiger partial charge in [0, 0.05) is 4.90 Å². The molecule has 15 heavy (non-hydrogen) atoms. The second-order valence-electron chi connectivity index (χ2n) is 3.97. The van der Waals surface area contributed by atoms with E-state index in [1.807, 2.05) is 24.8 Å². The van der Waals surface area contributed by atoms with Gasteiger partial charge in [0.25, 0.3) is 0 Å². The van der Waals surface area contributed by atoms with Gasteiger partial charge < -0.3 is 5.32 Å². The molecular formula is C12H16FNS. The first-order chi connectivity index (χ1) is 7.25. The van der Waals surface area contributed by atoms with E-state index in [2.05, 4.69) is 5.32 Å². The Morgan fingerprint density at radius 3 is 2.93 bits per heavy atom. The first-order valence-corrected chi connectivity index (χ1v) is 6.30. The standard InChI is InChI=1S/C12H16FNS/c1-9-8-10(13)5-6-11(9)15-12-4-2-3-7-14-12/h5-6,8,12,14H,2-4,7H2,1H3. The molecule has 0 saturated carbocycles. The zero-order valence-corrected chi connectivity index (χ0v) is 9.74. The zero-order valence-electron chi connectivity index (χ0n) is 8.92. The summed E-state index contributed by atoms with van der Waals surface area (Å²) in [5.74, 6) is -0.145. The Labute approximate surface area is 94.5 Å². The van der Waals surface area contributed by atoms with Crippen LogP contribution in [0.15, 0.2) is 23.1 Å². The van der Waals surface area contributed by atoms with E-state index in [0.29, 0.717) is 5.37 Å². The van der Waals surface area contributed by atoms with Crippen molar-refractivity contribution in [1.82, 2.24) is 5.32 Å². The lowest BCUT2D eigenvalue weighted by Crippen LogP contribution is -2.31. The van der Waals surface area contributed by atoms with Crippen LogP contribution in [-0.2, 0) is 0 Å². The van der Waals surface area contributed by atoms with Gasteiger partial charge in [0.05, 0.1) is 5.37 Å². The van der Waals surface area contributed by atoms with Crippen LogP contribution in [0, 0.1) is 12.7 Å². The lowest BCUT2D eigenvalue weighted by Gasteiger charge is -2.23. The van der Waals surface area contributed by atoms with Gasteiger partial charge in [-0.05, 0) is 56.5 Å². The van der Waals surface area contributed by atoms with Crippen LogP contribution in [0.4, 0.5) is 4.39 Å². The summed E-state index contributed by atoms with van der Waals surface area (Å²) in [7, 11) is 0. The van der Waals surface area contributed by atoms with E-state index >= 15 is 0 Å². The van der Waals surface area contributed by atoms with Crippen molar-refractivity contribution in [2.75, 3.05) is 6.54 Å². The van der Waals surface area contributed by atoms with Crippen LogP contribution in [-0.4, -0.2) is 11.9 Å². The highest BCUT2D eigenvalue weighted by Crippen LogP contribution is 2.29. The monoisotopic (exact) mass is 225 g/mol. The van der Waals surface area contributed by atoms with Crippen LogP contribution in [0.3, 0.4) is 0 Å². The number of halogens is 1. The summed E-state index contributed by atoms with van der Waals surface area (Å²) in [4.78, 5) is 1.19. The van der Waals surface area contributed by atoms with Crippen LogP contribution in [0.2, 0.25) is 0 Å². The molecule has 0 aliphatic carbocycles. The molecule has 1 aliphatic rings. The number of thioether (sulfide) groups is 1. The van der Waals surface area contributed by atoms with Gasteiger partial charge >= 0.3 is 0 Å². The first-order valence-electron chi connectivity index (χ1n) is 5.42. The summed E-state index contributed by atoms with van der Waals surface area (Å²) in [5.41, 5.74) is 1.03. The molecule has 0 spiro atoms. The fraction of sp³-hybridized carbons (Fsp3) is 0.500. The van der Waals surface area contributed by atoms with E-state index in [4.69, 9.17) is 0 Å². The molecule has 0 amide bonds. The zero-order chi connectivity index (χ0) is 10.7. The summed E-state index contributed by atoms with van der Waals surface area (Å²) >= 11 is 1.82. The summed E-state index contributed by atoms with van der Waals surface area (Å²) in [6, 6.07) is 5.02. The van der Waals surface area contributed by atoms with Gasteiger partial charge in [0.2, 0.25) is 0 Å². The Kier molecular flexibility index (Phi) is 3.65. The number of nitrogens with one attached hydrogen (secondary N) is 1. The molecule has 1 aliphatic heterocycles. The smallest absolute Gasteiger partial charge is 0.123 e. The van der Waals surface area contributed by atoms with E-state index in [-0.39, 0.29) is 5.82 Å². The molecule has 1 nitrogen and oxygen atoms in total. The average Bonchev–Trinajstić information content (AvgIpc) is 2.24. The SMILES string of the molecule is Cc1cc(F)ccc1SC1CCCCN1. The molecule has 1 atom stereocenters. The van der Waals surface area contributed by atoms with E-state index in [1.54, 1.807) is 6.07 Å². The third kappa shape index (κ3) is 2.95. The fourth-order valence-corrected chi connectivity index (χ4v) is 3.00. The molecule has 0 radical (unpaired) electrons. The Balaban J connectivity index is 2.03. The molecule has 0 aromatic heterocycles. The number of benzene rings is 1. The minimum Gasteiger partial charge on any atom is -0.305 e. The van der Waals surface area contributed by atoms with E-state index in [1.165, 1.54) is 30.2 Å². The van der Waals surface area contributed by atoms with Gasteiger partial charge in [-0.1, -0.05) is 0 Å². The van der Waals surface area contributed by atoms with E-state index < -0.39 is 0 Å². The largest absolute Gasteiger partial charge is 0.305 e. The van der Waals surface area contributed by atoms with Crippen molar-refractivity contribution in [2.24, 2.45) is 0 Å². The van der Waals surface area contributed by atoms with Crippen molar-refractivity contribution in [2.45, 2.75) is 36.5 Å². The van der Waals surface area contributed by atoms with Crippen molar-refractivity contribution in [3.05, 3.63) is 29.6 Å². The highest BCUT2D eigenvalue weighted by atomic mass is 32.2. The van der Waals surface area contributed by atoms with Gasteiger partial charge in [-0.15, -0.1) is 11.8 Å². The fourth-order valence-electron chi connectivity index (χ4n) is 1.82. The van der Waals surface area contributed by atoms with E-state index in [9.17, 15) is 4.39 Å². The van der Waals surface area contributed by atoms with Crippen LogP contribution >= 0.6 is 11.8 Å². The van der Waals surface area contributed by atoms with Crippen molar-refractivity contribution in [1.29, 1.82) is 0 Å². The predicted octanol–water partition coefficient (Wildman–Crippen LogP) is 3.33. The molecule has 1 unspecified atom stereocenters. The molecule has 1 aromatic rings. The van der Waals surface area contributed by atoms with Crippen molar-refractivity contribution in [3.8, 4) is 0 Å². The molecule has 1 fully saturated rings. The number of aryl methyl sites for hydroxylation is 1. The van der Waals surface area contributed by atoms with Crippen LogP contribution in [0.25, 0.3) is 0 Å². The third-order valence-corrected chi connectivity index (χ3v) is 4.07. The molecule has 0 bridgehead atoms. The van der Waals surface area contributed by atoms with Crippen molar-refractivity contribution in [3.63, 3.8) is 0 Å². The molecular weight excluding hydrogens is 209 g/mol. The van der Waals surface area contributed by atoms with Crippen LogP contribution in [0.1, 0.15) is 24.8 Å².